The number of ether oxygens (including phenoxy) is 2. The fraction of sp³-hybridized carbons (Fsp3) is 0.500. The highest BCUT2D eigenvalue weighted by Crippen LogP contribution is 2.28. The molecule has 0 unspecified atom stereocenters. The van der Waals surface area contributed by atoms with Gasteiger partial charge in [0.25, 0.3) is 5.91 Å². The minimum atomic E-state index is -3.94. The van der Waals surface area contributed by atoms with Crippen LogP contribution in [0.15, 0.2) is 23.1 Å². The first-order valence-corrected chi connectivity index (χ1v) is 9.79. The van der Waals surface area contributed by atoms with Crippen LogP contribution in [0.4, 0.5) is 0 Å². The Labute approximate surface area is 157 Å². The van der Waals surface area contributed by atoms with E-state index in [1.165, 1.54) is 23.4 Å². The molecule has 1 amide bonds. The van der Waals surface area contributed by atoms with Crippen molar-refractivity contribution in [2.75, 3.05) is 13.1 Å². The maximum absolute atomic E-state index is 13.0. The average Bonchev–Trinajstić information content (AvgIpc) is 2.53. The Morgan fingerprint density at radius 3 is 2.42 bits per heavy atom. The van der Waals surface area contributed by atoms with Crippen LogP contribution in [0.2, 0.25) is 5.02 Å². The average molecular weight is 405 g/mol. The lowest BCUT2D eigenvalue weighted by Crippen LogP contribution is -2.48. The number of benzene rings is 1. The van der Waals surface area contributed by atoms with Gasteiger partial charge in [0.2, 0.25) is 10.0 Å². The number of amides is 1. The maximum Gasteiger partial charge on any atom is 0.338 e. The highest BCUT2D eigenvalue weighted by molar-refractivity contribution is 7.89. The molecule has 2 N–H and O–H groups in total. The van der Waals surface area contributed by atoms with Crippen molar-refractivity contribution in [1.29, 1.82) is 0 Å². The van der Waals surface area contributed by atoms with Gasteiger partial charge < -0.3 is 15.2 Å². The molecule has 144 valence electrons. The summed E-state index contributed by atoms with van der Waals surface area (Å²) in [5.74, 6) is -1.68. The zero-order valence-electron chi connectivity index (χ0n) is 14.6. The molecular weight excluding hydrogens is 384 g/mol. The molecule has 8 nitrogen and oxygen atoms in total. The number of hydrogen-bond donors (Lipinski definition) is 1. The quantitative estimate of drug-likeness (QED) is 0.736. The van der Waals surface area contributed by atoms with E-state index in [0.717, 1.165) is 6.07 Å². The molecule has 0 saturated carbocycles. The van der Waals surface area contributed by atoms with Crippen LogP contribution in [0.5, 0.6) is 0 Å². The summed E-state index contributed by atoms with van der Waals surface area (Å²) in [5.41, 5.74) is 5.01. The second-order valence-electron chi connectivity index (χ2n) is 6.17. The Kier molecular flexibility index (Phi) is 6.28. The molecule has 0 aromatic heterocycles. The summed E-state index contributed by atoms with van der Waals surface area (Å²) in [6.07, 6.45) is -1.67. The van der Waals surface area contributed by atoms with Crippen molar-refractivity contribution >= 4 is 33.5 Å². The first kappa shape index (κ1) is 20.6. The third-order valence-electron chi connectivity index (χ3n) is 3.86. The molecule has 0 aliphatic carbocycles. The SMILES string of the molecule is C[C@@H]1CN(S(=O)(=O)c2cc(C(=O)O[C@@H](C)C(N)=O)ccc2Cl)C[C@@H](C)O1. The summed E-state index contributed by atoms with van der Waals surface area (Å²) in [4.78, 5) is 22.9. The number of esters is 1. The lowest BCUT2D eigenvalue weighted by atomic mass is 10.2. The van der Waals surface area contributed by atoms with E-state index in [2.05, 4.69) is 0 Å². The van der Waals surface area contributed by atoms with E-state index in [1.54, 1.807) is 13.8 Å². The molecule has 1 saturated heterocycles. The minimum absolute atomic E-state index is 0.0173. The fourth-order valence-electron chi connectivity index (χ4n) is 2.58. The highest BCUT2D eigenvalue weighted by Gasteiger charge is 2.34. The van der Waals surface area contributed by atoms with Crippen molar-refractivity contribution < 1.29 is 27.5 Å². The summed E-state index contributed by atoms with van der Waals surface area (Å²) in [5, 5.41) is -0.0173. The van der Waals surface area contributed by atoms with Gasteiger partial charge in [-0.1, -0.05) is 11.6 Å². The van der Waals surface area contributed by atoms with Crippen LogP contribution in [-0.2, 0) is 24.3 Å². The molecule has 1 aliphatic heterocycles. The number of halogens is 1. The maximum atomic E-state index is 13.0. The zero-order chi connectivity index (χ0) is 19.6. The van der Waals surface area contributed by atoms with Gasteiger partial charge >= 0.3 is 5.97 Å². The standard InChI is InChI=1S/C16H21ClN2O6S/c1-9-7-19(8-10(2)24-9)26(22,23)14-6-12(4-5-13(14)17)16(21)25-11(3)15(18)20/h4-6,9-11H,7-8H2,1-3H3,(H2,18,20)/t9-,10-,11+/m1/s1. The van der Waals surface area contributed by atoms with Crippen LogP contribution < -0.4 is 5.73 Å². The number of carbonyl (C=O) groups excluding carboxylic acids is 2. The summed E-state index contributed by atoms with van der Waals surface area (Å²) >= 11 is 6.07. The van der Waals surface area contributed by atoms with E-state index in [1.807, 2.05) is 0 Å². The van der Waals surface area contributed by atoms with E-state index >= 15 is 0 Å². The monoisotopic (exact) mass is 404 g/mol. The molecule has 1 aromatic carbocycles. The molecule has 0 radical (unpaired) electrons. The lowest BCUT2D eigenvalue weighted by Gasteiger charge is -2.34. The van der Waals surface area contributed by atoms with Crippen LogP contribution in [0.1, 0.15) is 31.1 Å². The lowest BCUT2D eigenvalue weighted by molar-refractivity contribution is -0.125. The van der Waals surface area contributed by atoms with Gasteiger partial charge in [-0.05, 0) is 39.0 Å². The van der Waals surface area contributed by atoms with Gasteiger partial charge in [-0.3, -0.25) is 4.79 Å². The molecule has 2 rings (SSSR count). The van der Waals surface area contributed by atoms with Crippen molar-refractivity contribution in [3.8, 4) is 0 Å². The summed E-state index contributed by atoms with van der Waals surface area (Å²) < 4.78 is 37.6. The highest BCUT2D eigenvalue weighted by atomic mass is 35.5. The third kappa shape index (κ3) is 4.53. The minimum Gasteiger partial charge on any atom is -0.449 e. The van der Waals surface area contributed by atoms with Crippen molar-refractivity contribution in [3.05, 3.63) is 28.8 Å². The normalized spacial score (nSPS) is 22.6. The number of sulfonamides is 1. The fourth-order valence-corrected chi connectivity index (χ4v) is 4.67. The van der Waals surface area contributed by atoms with E-state index in [-0.39, 0.29) is 40.8 Å². The van der Waals surface area contributed by atoms with Crippen molar-refractivity contribution in [2.45, 2.75) is 44.0 Å². The molecule has 1 aromatic rings. The number of rotatable bonds is 5. The molecule has 1 aliphatic rings. The number of carbonyl (C=O) groups is 2. The van der Waals surface area contributed by atoms with Crippen molar-refractivity contribution in [1.82, 2.24) is 4.31 Å². The van der Waals surface area contributed by atoms with E-state index in [4.69, 9.17) is 26.8 Å². The topological polar surface area (TPSA) is 116 Å². The summed E-state index contributed by atoms with van der Waals surface area (Å²) in [7, 11) is -3.94. The molecule has 0 bridgehead atoms. The van der Waals surface area contributed by atoms with Crippen LogP contribution in [-0.4, -0.2) is 56.0 Å². The van der Waals surface area contributed by atoms with Crippen LogP contribution in [0.3, 0.4) is 0 Å². The zero-order valence-corrected chi connectivity index (χ0v) is 16.2. The number of nitrogens with two attached hydrogens (primary N) is 1. The van der Waals surface area contributed by atoms with E-state index in [9.17, 15) is 18.0 Å². The molecule has 0 spiro atoms. The molecule has 10 heteroatoms. The largest absolute Gasteiger partial charge is 0.449 e. The molecule has 1 fully saturated rings. The van der Waals surface area contributed by atoms with Crippen LogP contribution in [0, 0.1) is 0 Å². The van der Waals surface area contributed by atoms with Gasteiger partial charge in [0.15, 0.2) is 6.10 Å². The first-order valence-electron chi connectivity index (χ1n) is 7.97. The Bertz CT molecular complexity index is 803. The molecule has 1 heterocycles. The van der Waals surface area contributed by atoms with Crippen LogP contribution in [0.25, 0.3) is 0 Å². The Balaban J connectivity index is 2.34. The third-order valence-corrected chi connectivity index (χ3v) is 6.17. The molecule has 3 atom stereocenters. The first-order chi connectivity index (χ1) is 12.0. The smallest absolute Gasteiger partial charge is 0.338 e. The van der Waals surface area contributed by atoms with Gasteiger partial charge in [-0.25, -0.2) is 13.2 Å². The van der Waals surface area contributed by atoms with Crippen LogP contribution >= 0.6 is 11.6 Å². The van der Waals surface area contributed by atoms with Gasteiger partial charge in [0.1, 0.15) is 4.90 Å². The Hall–Kier alpha value is -1.68. The number of nitrogens with zero attached hydrogens (tertiary/aromatic N) is 1. The Morgan fingerprint density at radius 1 is 1.31 bits per heavy atom. The predicted octanol–water partition coefficient (Wildman–Crippen LogP) is 1.17. The van der Waals surface area contributed by atoms with Gasteiger partial charge in [0.05, 0.1) is 22.8 Å². The molecular formula is C16H21ClN2O6S. The second kappa shape index (κ2) is 7.91. The summed E-state index contributed by atoms with van der Waals surface area (Å²) in [6, 6.07) is 3.76. The Morgan fingerprint density at radius 2 is 1.88 bits per heavy atom. The predicted molar refractivity (Wildman–Crippen MR) is 94.3 cm³/mol. The second-order valence-corrected chi connectivity index (χ2v) is 8.49. The summed E-state index contributed by atoms with van der Waals surface area (Å²) in [6.45, 7) is 5.23. The van der Waals surface area contributed by atoms with Crippen molar-refractivity contribution in [2.24, 2.45) is 5.73 Å². The number of hydrogen-bond acceptors (Lipinski definition) is 6. The van der Waals surface area contributed by atoms with Gasteiger partial charge in [0, 0.05) is 13.1 Å². The van der Waals surface area contributed by atoms with Gasteiger partial charge in [-0.2, -0.15) is 4.31 Å². The van der Waals surface area contributed by atoms with E-state index < -0.39 is 28.0 Å². The number of morpholine rings is 1. The van der Waals surface area contributed by atoms with E-state index in [0.29, 0.717) is 0 Å². The van der Waals surface area contributed by atoms with Gasteiger partial charge in [-0.15, -0.1) is 0 Å². The number of primary amides is 1. The van der Waals surface area contributed by atoms with Crippen molar-refractivity contribution in [3.63, 3.8) is 0 Å². The molecule has 26 heavy (non-hydrogen) atoms.